The van der Waals surface area contributed by atoms with Gasteiger partial charge in [-0.3, -0.25) is 19.5 Å². The normalized spacial score (nSPS) is 17.6. The number of hydrogen-bond acceptors (Lipinski definition) is 4. The van der Waals surface area contributed by atoms with Gasteiger partial charge in [-0.2, -0.15) is 0 Å². The van der Waals surface area contributed by atoms with Crippen molar-refractivity contribution in [2.45, 2.75) is 40.7 Å². The average Bonchev–Trinajstić information content (AvgIpc) is 2.86. The van der Waals surface area contributed by atoms with E-state index in [-0.39, 0.29) is 11.4 Å². The van der Waals surface area contributed by atoms with Crippen LogP contribution in [0.3, 0.4) is 0 Å². The molecule has 140 valence electrons. The van der Waals surface area contributed by atoms with E-state index in [1.165, 1.54) is 4.90 Å². The number of aliphatic hydroxyl groups is 1. The number of anilines is 1. The van der Waals surface area contributed by atoms with Crippen molar-refractivity contribution in [3.8, 4) is 0 Å². The van der Waals surface area contributed by atoms with Crippen LogP contribution in [0.25, 0.3) is 0 Å². The molecule has 3 rings (SSSR count). The van der Waals surface area contributed by atoms with Gasteiger partial charge in [0.1, 0.15) is 0 Å². The van der Waals surface area contributed by atoms with Gasteiger partial charge in [0.05, 0.1) is 11.6 Å². The predicted octanol–water partition coefficient (Wildman–Crippen LogP) is 4.21. The third-order valence-electron chi connectivity index (χ3n) is 4.77. The molecule has 1 aliphatic heterocycles. The number of Topliss-reactive ketones (excluding diaryl/α,β-unsaturated/α-hetero) is 1. The number of nitrogens with zero attached hydrogens (tertiary/aromatic N) is 2. The summed E-state index contributed by atoms with van der Waals surface area (Å²) in [6, 6.07) is 8.60. The van der Waals surface area contributed by atoms with Crippen molar-refractivity contribution in [3.05, 3.63) is 70.7 Å². The van der Waals surface area contributed by atoms with E-state index in [4.69, 9.17) is 0 Å². The number of aryl methyl sites for hydroxylation is 2. The van der Waals surface area contributed by atoms with Crippen LogP contribution in [0.15, 0.2) is 54.1 Å². The number of benzene rings is 1. The number of ketones is 1. The lowest BCUT2D eigenvalue weighted by Gasteiger charge is -2.30. The molecule has 0 saturated heterocycles. The van der Waals surface area contributed by atoms with Gasteiger partial charge in [0.2, 0.25) is 0 Å². The van der Waals surface area contributed by atoms with E-state index in [0.717, 1.165) is 16.7 Å². The first-order valence-corrected chi connectivity index (χ1v) is 8.91. The van der Waals surface area contributed by atoms with Crippen LogP contribution in [0, 0.1) is 19.3 Å². The van der Waals surface area contributed by atoms with Crippen LogP contribution >= 0.6 is 0 Å². The molecule has 1 aliphatic rings. The lowest BCUT2D eigenvalue weighted by atomic mass is 9.82. The van der Waals surface area contributed by atoms with E-state index in [2.05, 4.69) is 4.98 Å². The molecule has 5 nitrogen and oxygen atoms in total. The number of carbonyl (C=O) groups is 2. The molecular formula is C22H24N2O3. The third kappa shape index (κ3) is 3.25. The van der Waals surface area contributed by atoms with Crippen molar-refractivity contribution < 1.29 is 14.7 Å². The predicted molar refractivity (Wildman–Crippen MR) is 104 cm³/mol. The summed E-state index contributed by atoms with van der Waals surface area (Å²) in [6.45, 7) is 9.24. The Morgan fingerprint density at radius 2 is 1.74 bits per heavy atom. The summed E-state index contributed by atoms with van der Waals surface area (Å²) < 4.78 is 0. The van der Waals surface area contributed by atoms with Gasteiger partial charge < -0.3 is 5.11 Å². The maximum absolute atomic E-state index is 13.1. The lowest BCUT2D eigenvalue weighted by Crippen LogP contribution is -2.33. The molecule has 0 bridgehead atoms. The second-order valence-electron chi connectivity index (χ2n) is 7.99. The maximum Gasteiger partial charge on any atom is 0.294 e. The fourth-order valence-electron chi connectivity index (χ4n) is 3.43. The van der Waals surface area contributed by atoms with Crippen molar-refractivity contribution in [1.29, 1.82) is 0 Å². The molecule has 1 atom stereocenters. The van der Waals surface area contributed by atoms with Crippen LogP contribution in [-0.2, 0) is 9.59 Å². The molecule has 1 aromatic heterocycles. The van der Waals surface area contributed by atoms with E-state index in [0.29, 0.717) is 5.69 Å². The van der Waals surface area contributed by atoms with Crippen LogP contribution in [0.2, 0.25) is 0 Å². The first-order valence-electron chi connectivity index (χ1n) is 8.91. The quantitative estimate of drug-likeness (QED) is 0.885. The summed E-state index contributed by atoms with van der Waals surface area (Å²) in [5.41, 5.74) is 2.79. The molecular weight excluding hydrogens is 340 g/mol. The van der Waals surface area contributed by atoms with Gasteiger partial charge in [-0.15, -0.1) is 0 Å². The summed E-state index contributed by atoms with van der Waals surface area (Å²) in [7, 11) is 0. The van der Waals surface area contributed by atoms with E-state index in [9.17, 15) is 14.7 Å². The van der Waals surface area contributed by atoms with Crippen LogP contribution in [-0.4, -0.2) is 21.8 Å². The minimum absolute atomic E-state index is 0.138. The van der Waals surface area contributed by atoms with Crippen LogP contribution in [0.1, 0.15) is 43.5 Å². The number of carbonyl (C=O) groups excluding carboxylic acids is 2. The highest BCUT2D eigenvalue weighted by Gasteiger charge is 2.46. The maximum atomic E-state index is 13.1. The summed E-state index contributed by atoms with van der Waals surface area (Å²) in [5, 5.41) is 10.7. The summed E-state index contributed by atoms with van der Waals surface area (Å²) in [6.07, 6.45) is 3.24. The van der Waals surface area contributed by atoms with Gasteiger partial charge in [0.25, 0.3) is 5.91 Å². The molecule has 0 fully saturated rings. The largest absolute Gasteiger partial charge is 0.503 e. The first-order chi connectivity index (χ1) is 12.6. The van der Waals surface area contributed by atoms with Gasteiger partial charge in [-0.1, -0.05) is 38.5 Å². The van der Waals surface area contributed by atoms with Crippen LogP contribution in [0.4, 0.5) is 5.69 Å². The molecule has 2 heterocycles. The molecule has 5 heteroatoms. The molecule has 0 radical (unpaired) electrons. The first kappa shape index (κ1) is 18.8. The average molecular weight is 364 g/mol. The van der Waals surface area contributed by atoms with E-state index >= 15 is 0 Å². The molecule has 0 saturated carbocycles. The Balaban J connectivity index is 2.23. The van der Waals surface area contributed by atoms with Gasteiger partial charge in [-0.25, -0.2) is 0 Å². The molecule has 1 N–H and O–H groups in total. The molecule has 2 aromatic rings. The highest BCUT2D eigenvalue weighted by atomic mass is 16.3. The Bertz CT molecular complexity index is 940. The summed E-state index contributed by atoms with van der Waals surface area (Å²) >= 11 is 0. The fourth-order valence-corrected chi connectivity index (χ4v) is 3.43. The molecule has 1 amide bonds. The minimum atomic E-state index is -0.729. The second kappa shape index (κ2) is 6.65. The smallest absolute Gasteiger partial charge is 0.294 e. The van der Waals surface area contributed by atoms with Crippen LogP contribution < -0.4 is 4.90 Å². The van der Waals surface area contributed by atoms with Crippen molar-refractivity contribution in [2.24, 2.45) is 5.41 Å². The zero-order valence-electron chi connectivity index (χ0n) is 16.3. The minimum Gasteiger partial charge on any atom is -0.503 e. The van der Waals surface area contributed by atoms with Gasteiger partial charge in [-0.05, 0) is 43.2 Å². The van der Waals surface area contributed by atoms with Crippen molar-refractivity contribution >= 4 is 17.4 Å². The zero-order valence-corrected chi connectivity index (χ0v) is 16.3. The summed E-state index contributed by atoms with van der Waals surface area (Å²) in [4.78, 5) is 31.7. The molecule has 27 heavy (non-hydrogen) atoms. The molecule has 1 aromatic carbocycles. The number of hydrogen-bond donors (Lipinski definition) is 1. The topological polar surface area (TPSA) is 70.5 Å². The molecule has 0 aliphatic carbocycles. The van der Waals surface area contributed by atoms with Gasteiger partial charge in [0, 0.05) is 23.5 Å². The third-order valence-corrected chi connectivity index (χ3v) is 4.77. The van der Waals surface area contributed by atoms with Crippen molar-refractivity contribution in [1.82, 2.24) is 4.98 Å². The number of rotatable bonds is 3. The number of aliphatic hydroxyl groups excluding tert-OH is 1. The monoisotopic (exact) mass is 364 g/mol. The number of aromatic nitrogens is 1. The van der Waals surface area contributed by atoms with Crippen molar-refractivity contribution in [2.75, 3.05) is 4.90 Å². The SMILES string of the molecule is Cc1ccc(N2C(=O)C(O)=C(C(=O)C(C)(C)C)C2c2ccncc2)c(C)c1. The Morgan fingerprint density at radius 1 is 1.11 bits per heavy atom. The van der Waals surface area contributed by atoms with Crippen LogP contribution in [0.5, 0.6) is 0 Å². The molecule has 0 spiro atoms. The molecule has 1 unspecified atom stereocenters. The lowest BCUT2D eigenvalue weighted by molar-refractivity contribution is -0.123. The standard InChI is InChI=1S/C22H24N2O3/c1-13-6-7-16(14(2)12-13)24-18(15-8-10-23-11-9-15)17(19(25)21(24)27)20(26)22(3,4)5/h6-12,18,25H,1-5H3. The van der Waals surface area contributed by atoms with E-state index in [1.807, 2.05) is 32.0 Å². The Kier molecular flexibility index (Phi) is 4.64. The Morgan fingerprint density at radius 3 is 2.30 bits per heavy atom. The van der Waals surface area contributed by atoms with Gasteiger partial charge in [0.15, 0.2) is 11.5 Å². The Labute approximate surface area is 159 Å². The van der Waals surface area contributed by atoms with Gasteiger partial charge >= 0.3 is 0 Å². The zero-order chi connectivity index (χ0) is 19.9. The van der Waals surface area contributed by atoms with Crippen molar-refractivity contribution in [3.63, 3.8) is 0 Å². The second-order valence-corrected chi connectivity index (χ2v) is 7.99. The van der Waals surface area contributed by atoms with E-state index in [1.54, 1.807) is 45.3 Å². The summed E-state index contributed by atoms with van der Waals surface area (Å²) in [5.74, 6) is -1.28. The van der Waals surface area contributed by atoms with E-state index < -0.39 is 23.1 Å². The Hall–Kier alpha value is -2.95. The number of amides is 1. The highest BCUT2D eigenvalue weighted by Crippen LogP contribution is 2.44. The highest BCUT2D eigenvalue weighted by molar-refractivity contribution is 6.17. The fraction of sp³-hybridized carbons (Fsp3) is 0.318. The number of pyridine rings is 1.